The molecule has 0 aromatic carbocycles. The van der Waals surface area contributed by atoms with Crippen LogP contribution in [-0.2, 0) is 0 Å². The summed E-state index contributed by atoms with van der Waals surface area (Å²) in [6, 6.07) is 0. The fourth-order valence-electron chi connectivity index (χ4n) is 2.35. The van der Waals surface area contributed by atoms with Crippen LogP contribution >= 0.6 is 11.8 Å². The van der Waals surface area contributed by atoms with Gasteiger partial charge >= 0.3 is 0 Å². The lowest BCUT2D eigenvalue weighted by atomic mass is 9.92. The second-order valence-electron chi connectivity index (χ2n) is 6.58. The van der Waals surface area contributed by atoms with Crippen LogP contribution in [-0.4, -0.2) is 48.1 Å². The second-order valence-corrected chi connectivity index (χ2v) is 8.38. The lowest BCUT2D eigenvalue weighted by Crippen LogP contribution is -2.41. The monoisotopic (exact) mass is 258 g/mol. The zero-order valence-electron chi connectivity index (χ0n) is 12.3. The van der Waals surface area contributed by atoms with E-state index in [9.17, 15) is 0 Å². The largest absolute Gasteiger partial charge is 0.316 e. The minimum atomic E-state index is 0.384. The zero-order chi connectivity index (χ0) is 12.9. The molecule has 0 atom stereocenters. The molecule has 0 aromatic rings. The van der Waals surface area contributed by atoms with Crippen molar-refractivity contribution in [1.29, 1.82) is 0 Å². The molecule has 102 valence electrons. The Morgan fingerprint density at radius 1 is 1.29 bits per heavy atom. The molecule has 1 aliphatic rings. The Morgan fingerprint density at radius 2 is 2.00 bits per heavy atom. The quantitative estimate of drug-likeness (QED) is 0.816. The molecule has 0 unspecified atom stereocenters. The van der Waals surface area contributed by atoms with E-state index < -0.39 is 0 Å². The molecule has 3 heteroatoms. The van der Waals surface area contributed by atoms with Crippen molar-refractivity contribution < 1.29 is 0 Å². The van der Waals surface area contributed by atoms with Gasteiger partial charge in [0, 0.05) is 30.1 Å². The maximum Gasteiger partial charge on any atom is 0.0116 e. The third-order valence-electron chi connectivity index (χ3n) is 3.44. The van der Waals surface area contributed by atoms with E-state index in [1.54, 1.807) is 0 Å². The summed E-state index contributed by atoms with van der Waals surface area (Å²) >= 11 is 2.13. The van der Waals surface area contributed by atoms with Gasteiger partial charge in [0.25, 0.3) is 0 Å². The van der Waals surface area contributed by atoms with Gasteiger partial charge in [-0.15, -0.1) is 0 Å². The Morgan fingerprint density at radius 3 is 2.65 bits per heavy atom. The molecule has 1 N–H and O–H groups in total. The smallest absolute Gasteiger partial charge is 0.0116 e. The maximum atomic E-state index is 3.48. The third kappa shape index (κ3) is 6.12. The van der Waals surface area contributed by atoms with Crippen LogP contribution in [0, 0.1) is 5.41 Å². The van der Waals surface area contributed by atoms with Gasteiger partial charge < -0.3 is 10.2 Å². The van der Waals surface area contributed by atoms with Crippen LogP contribution in [0.1, 0.15) is 41.0 Å². The summed E-state index contributed by atoms with van der Waals surface area (Å²) in [6.07, 6.45) is 1.31. The first kappa shape index (κ1) is 15.3. The van der Waals surface area contributed by atoms with Crippen molar-refractivity contribution in [2.75, 3.05) is 38.5 Å². The van der Waals surface area contributed by atoms with Gasteiger partial charge in [0.2, 0.25) is 0 Å². The van der Waals surface area contributed by atoms with Gasteiger partial charge in [-0.1, -0.05) is 34.6 Å². The highest BCUT2D eigenvalue weighted by molar-refractivity contribution is 8.00. The van der Waals surface area contributed by atoms with Gasteiger partial charge in [-0.3, -0.25) is 0 Å². The van der Waals surface area contributed by atoms with Crippen LogP contribution in [0.2, 0.25) is 0 Å². The maximum absolute atomic E-state index is 3.48. The number of rotatable bonds is 5. The summed E-state index contributed by atoms with van der Waals surface area (Å²) in [4.78, 5) is 2.65. The highest BCUT2D eigenvalue weighted by atomic mass is 32.2. The highest BCUT2D eigenvalue weighted by Gasteiger charge is 2.27. The molecule has 0 radical (unpaired) electrons. The number of hydrogen-bond donors (Lipinski definition) is 1. The molecular weight excluding hydrogens is 228 g/mol. The number of nitrogens with one attached hydrogen (secondary N) is 1. The zero-order valence-corrected chi connectivity index (χ0v) is 13.1. The van der Waals surface area contributed by atoms with Crippen LogP contribution in [0.15, 0.2) is 0 Å². The van der Waals surface area contributed by atoms with E-state index >= 15 is 0 Å². The molecule has 1 saturated heterocycles. The van der Waals surface area contributed by atoms with Crippen molar-refractivity contribution in [3.05, 3.63) is 0 Å². The Hall–Kier alpha value is 0.270. The van der Waals surface area contributed by atoms with Crippen LogP contribution in [0.25, 0.3) is 0 Å². The van der Waals surface area contributed by atoms with Crippen molar-refractivity contribution in [3.63, 3.8) is 0 Å². The molecule has 0 bridgehead atoms. The van der Waals surface area contributed by atoms with Crippen LogP contribution in [0.4, 0.5) is 0 Å². The average molecular weight is 258 g/mol. The lowest BCUT2D eigenvalue weighted by molar-refractivity contribution is 0.181. The fourth-order valence-corrected chi connectivity index (χ4v) is 3.48. The number of nitrogens with zero attached hydrogens (tertiary/aromatic N) is 1. The third-order valence-corrected chi connectivity index (χ3v) is 4.81. The first-order valence-corrected chi connectivity index (χ1v) is 7.90. The van der Waals surface area contributed by atoms with Crippen molar-refractivity contribution in [2.24, 2.45) is 5.41 Å². The van der Waals surface area contributed by atoms with E-state index in [4.69, 9.17) is 0 Å². The Labute approximate surface area is 112 Å². The van der Waals surface area contributed by atoms with Crippen LogP contribution in [0.3, 0.4) is 0 Å². The first-order valence-electron chi connectivity index (χ1n) is 6.92. The first-order chi connectivity index (χ1) is 7.85. The van der Waals surface area contributed by atoms with E-state index in [0.29, 0.717) is 10.2 Å². The predicted octanol–water partition coefficient (Wildman–Crippen LogP) is 2.84. The van der Waals surface area contributed by atoms with Crippen LogP contribution < -0.4 is 5.32 Å². The normalized spacial score (nSPS) is 22.4. The lowest BCUT2D eigenvalue weighted by Gasteiger charge is -2.32. The summed E-state index contributed by atoms with van der Waals surface area (Å²) in [5.74, 6) is 1.28. The van der Waals surface area contributed by atoms with Crippen molar-refractivity contribution in [3.8, 4) is 0 Å². The van der Waals surface area contributed by atoms with Gasteiger partial charge in [-0.05, 0) is 24.9 Å². The van der Waals surface area contributed by atoms with Gasteiger partial charge in [0.15, 0.2) is 0 Å². The second kappa shape index (κ2) is 6.44. The summed E-state index contributed by atoms with van der Waals surface area (Å²) in [5.41, 5.74) is 0.384. The Balaban J connectivity index is 2.40. The van der Waals surface area contributed by atoms with Gasteiger partial charge in [0.05, 0.1) is 0 Å². The van der Waals surface area contributed by atoms with E-state index in [1.165, 1.54) is 31.8 Å². The molecule has 1 heterocycles. The number of hydrogen-bond acceptors (Lipinski definition) is 3. The summed E-state index contributed by atoms with van der Waals surface area (Å²) in [7, 11) is 0. The highest BCUT2D eigenvalue weighted by Crippen LogP contribution is 2.31. The molecular formula is C14H30N2S. The van der Waals surface area contributed by atoms with Gasteiger partial charge in [-0.25, -0.2) is 0 Å². The molecule has 0 saturated carbocycles. The molecule has 0 aliphatic carbocycles. The molecule has 17 heavy (non-hydrogen) atoms. The molecule has 1 rings (SSSR count). The molecule has 0 spiro atoms. The average Bonchev–Trinajstić information content (AvgIpc) is 2.37. The predicted molar refractivity (Wildman–Crippen MR) is 79.9 cm³/mol. The number of thioether (sulfide) groups is 1. The van der Waals surface area contributed by atoms with Crippen molar-refractivity contribution in [2.45, 2.75) is 45.8 Å². The molecule has 0 amide bonds. The van der Waals surface area contributed by atoms with Crippen molar-refractivity contribution >= 4 is 11.8 Å². The van der Waals surface area contributed by atoms with Gasteiger partial charge in [0.1, 0.15) is 0 Å². The summed E-state index contributed by atoms with van der Waals surface area (Å²) < 4.78 is 0.473. The van der Waals surface area contributed by atoms with E-state index in [-0.39, 0.29) is 0 Å². The molecule has 2 nitrogen and oxygen atoms in total. The van der Waals surface area contributed by atoms with Gasteiger partial charge in [-0.2, -0.15) is 11.8 Å². The summed E-state index contributed by atoms with van der Waals surface area (Å²) in [5, 5.41) is 3.48. The van der Waals surface area contributed by atoms with Crippen molar-refractivity contribution in [1.82, 2.24) is 10.2 Å². The Kier molecular flexibility index (Phi) is 5.81. The minimum Gasteiger partial charge on any atom is -0.316 e. The van der Waals surface area contributed by atoms with E-state index in [2.05, 4.69) is 56.6 Å². The van der Waals surface area contributed by atoms with E-state index in [0.717, 1.165) is 13.1 Å². The molecule has 0 aromatic heterocycles. The standard InChI is InChI=1S/C14H30N2S/c1-6-15-11-13(2,3)12-16-8-7-14(4,5)17-10-9-16/h15H,6-12H2,1-5H3. The molecule has 1 fully saturated rings. The minimum absolute atomic E-state index is 0.384. The topological polar surface area (TPSA) is 15.3 Å². The fraction of sp³-hybridized carbons (Fsp3) is 1.00. The SMILES string of the molecule is CCNCC(C)(C)CN1CCSC(C)(C)CC1. The van der Waals surface area contributed by atoms with Crippen LogP contribution in [0.5, 0.6) is 0 Å². The molecule has 1 aliphatic heterocycles. The Bertz CT molecular complexity index is 226. The van der Waals surface area contributed by atoms with E-state index in [1.807, 2.05) is 0 Å². The summed E-state index contributed by atoms with van der Waals surface area (Å²) in [6.45, 7) is 17.6.